The van der Waals surface area contributed by atoms with Crippen LogP contribution in [0.15, 0.2) is 30.5 Å². The lowest BCUT2D eigenvalue weighted by Crippen LogP contribution is -2.49. The van der Waals surface area contributed by atoms with Crippen molar-refractivity contribution in [3.05, 3.63) is 41.6 Å². The third kappa shape index (κ3) is 3.96. The average molecular weight is 364 g/mol. The molecular weight excluding hydrogens is 340 g/mol. The van der Waals surface area contributed by atoms with E-state index in [1.807, 2.05) is 12.1 Å². The van der Waals surface area contributed by atoms with Gasteiger partial charge in [0.2, 0.25) is 5.95 Å². The van der Waals surface area contributed by atoms with E-state index in [1.54, 1.807) is 18.3 Å². The van der Waals surface area contributed by atoms with Crippen LogP contribution in [0.1, 0.15) is 24.0 Å². The number of fused-ring (bicyclic) bond motifs is 3. The molecule has 0 aliphatic carbocycles. The van der Waals surface area contributed by atoms with E-state index in [0.29, 0.717) is 29.8 Å². The predicted molar refractivity (Wildman–Crippen MR) is 103 cm³/mol. The normalized spacial score (nSPS) is 23.6. The van der Waals surface area contributed by atoms with Gasteiger partial charge in [0.25, 0.3) is 0 Å². The first kappa shape index (κ1) is 17.6. The fraction of sp³-hybridized carbons (Fsp3) is 0.450. The first-order valence-corrected chi connectivity index (χ1v) is 9.47. The van der Waals surface area contributed by atoms with Crippen molar-refractivity contribution in [2.45, 2.75) is 19.4 Å². The summed E-state index contributed by atoms with van der Waals surface area (Å²) in [5.74, 6) is 2.62. The molecule has 5 rings (SSSR count). The molecule has 7 nitrogen and oxygen atoms in total. The van der Waals surface area contributed by atoms with E-state index in [-0.39, 0.29) is 5.75 Å². The van der Waals surface area contributed by atoms with Crippen LogP contribution in [0.5, 0.6) is 5.75 Å². The van der Waals surface area contributed by atoms with Crippen molar-refractivity contribution in [3.8, 4) is 11.8 Å². The molecule has 0 amide bonds. The molecule has 3 aliphatic heterocycles. The zero-order valence-corrected chi connectivity index (χ0v) is 15.2. The number of aromatic nitrogens is 2. The Morgan fingerprint density at radius 2 is 2.04 bits per heavy atom. The topological polar surface area (TPSA) is 97.1 Å². The number of aromatic hydroxyl groups is 1. The predicted octanol–water partition coefficient (Wildman–Crippen LogP) is 2.42. The SMILES string of the molecule is N#Cc1cnc(NCc2ccccc2O)nc1NCC1CN2CCC1CC2. The number of anilines is 2. The van der Waals surface area contributed by atoms with Crippen molar-refractivity contribution in [3.63, 3.8) is 0 Å². The molecule has 0 spiro atoms. The van der Waals surface area contributed by atoms with Crippen molar-refractivity contribution in [2.75, 3.05) is 36.8 Å². The van der Waals surface area contributed by atoms with Gasteiger partial charge in [-0.3, -0.25) is 0 Å². The Labute approximate surface area is 159 Å². The molecule has 3 aliphatic rings. The Balaban J connectivity index is 1.41. The summed E-state index contributed by atoms with van der Waals surface area (Å²) < 4.78 is 0. The summed E-state index contributed by atoms with van der Waals surface area (Å²) in [5.41, 5.74) is 1.22. The van der Waals surface area contributed by atoms with Gasteiger partial charge in [0.1, 0.15) is 23.2 Å². The van der Waals surface area contributed by atoms with E-state index in [4.69, 9.17) is 0 Å². The number of piperidine rings is 3. The smallest absolute Gasteiger partial charge is 0.224 e. The van der Waals surface area contributed by atoms with E-state index in [1.165, 1.54) is 25.9 Å². The fourth-order valence-electron chi connectivity index (χ4n) is 4.06. The van der Waals surface area contributed by atoms with Gasteiger partial charge in [-0.1, -0.05) is 18.2 Å². The second kappa shape index (κ2) is 7.80. The minimum absolute atomic E-state index is 0.236. The van der Waals surface area contributed by atoms with E-state index in [0.717, 1.165) is 24.6 Å². The average Bonchev–Trinajstić information content (AvgIpc) is 2.72. The van der Waals surface area contributed by atoms with Crippen LogP contribution in [0.3, 0.4) is 0 Å². The van der Waals surface area contributed by atoms with Gasteiger partial charge in [-0.05, 0) is 43.8 Å². The second-order valence-electron chi connectivity index (χ2n) is 7.33. The summed E-state index contributed by atoms with van der Waals surface area (Å²) in [6, 6.07) is 9.32. The van der Waals surface area contributed by atoms with Gasteiger partial charge in [0.15, 0.2) is 0 Å². The molecular formula is C20H24N6O. The van der Waals surface area contributed by atoms with Crippen molar-refractivity contribution in [2.24, 2.45) is 11.8 Å². The number of phenols is 1. The van der Waals surface area contributed by atoms with Crippen LogP contribution < -0.4 is 10.6 Å². The van der Waals surface area contributed by atoms with Crippen LogP contribution in [-0.2, 0) is 6.54 Å². The number of hydrogen-bond acceptors (Lipinski definition) is 7. The van der Waals surface area contributed by atoms with Gasteiger partial charge >= 0.3 is 0 Å². The Kier molecular flexibility index (Phi) is 5.07. The summed E-state index contributed by atoms with van der Waals surface area (Å²) in [7, 11) is 0. The zero-order chi connectivity index (χ0) is 18.6. The third-order valence-corrected chi connectivity index (χ3v) is 5.66. The van der Waals surface area contributed by atoms with Gasteiger partial charge in [-0.25, -0.2) is 4.98 Å². The second-order valence-corrected chi connectivity index (χ2v) is 7.33. The fourth-order valence-corrected chi connectivity index (χ4v) is 4.06. The number of hydrogen-bond donors (Lipinski definition) is 3. The van der Waals surface area contributed by atoms with Crippen molar-refractivity contribution >= 4 is 11.8 Å². The maximum atomic E-state index is 9.87. The Bertz CT molecular complexity index is 841. The van der Waals surface area contributed by atoms with E-state index >= 15 is 0 Å². The molecule has 140 valence electrons. The van der Waals surface area contributed by atoms with Crippen LogP contribution in [0.25, 0.3) is 0 Å². The molecule has 1 aromatic carbocycles. The van der Waals surface area contributed by atoms with E-state index in [2.05, 4.69) is 31.6 Å². The number of nitriles is 1. The van der Waals surface area contributed by atoms with Gasteiger partial charge in [-0.15, -0.1) is 0 Å². The van der Waals surface area contributed by atoms with Crippen molar-refractivity contribution < 1.29 is 5.11 Å². The van der Waals surface area contributed by atoms with Crippen LogP contribution in [0.4, 0.5) is 11.8 Å². The minimum atomic E-state index is 0.236. The number of nitrogens with one attached hydrogen (secondary N) is 2. The molecule has 1 atom stereocenters. The highest BCUT2D eigenvalue weighted by atomic mass is 16.3. The first-order valence-electron chi connectivity index (χ1n) is 9.47. The Hall–Kier alpha value is -2.85. The largest absolute Gasteiger partial charge is 0.508 e. The third-order valence-electron chi connectivity index (χ3n) is 5.66. The lowest BCUT2D eigenvalue weighted by molar-refractivity contribution is 0.0574. The highest BCUT2D eigenvalue weighted by Gasteiger charge is 2.33. The standard InChI is InChI=1S/C20H24N6O/c21-9-16-11-24-20(23-10-15-3-1-2-4-18(15)27)25-19(16)22-12-17-13-26-7-5-14(17)6-8-26/h1-4,11,14,17,27H,5-8,10,12-13H2,(H2,22,23,24,25). The van der Waals surface area contributed by atoms with Crippen LogP contribution in [-0.4, -0.2) is 46.2 Å². The van der Waals surface area contributed by atoms with E-state index in [9.17, 15) is 10.4 Å². The summed E-state index contributed by atoms with van der Waals surface area (Å²) in [4.78, 5) is 11.2. The number of benzene rings is 1. The maximum Gasteiger partial charge on any atom is 0.224 e. The van der Waals surface area contributed by atoms with Crippen LogP contribution >= 0.6 is 0 Å². The summed E-state index contributed by atoms with van der Waals surface area (Å²) in [6.07, 6.45) is 4.09. The molecule has 1 unspecified atom stereocenters. The monoisotopic (exact) mass is 364 g/mol. The van der Waals surface area contributed by atoms with Crippen molar-refractivity contribution in [1.82, 2.24) is 14.9 Å². The van der Waals surface area contributed by atoms with Gasteiger partial charge in [0, 0.05) is 25.2 Å². The molecule has 3 fully saturated rings. The number of phenolic OH excluding ortho intramolecular Hbond substituents is 1. The molecule has 0 radical (unpaired) electrons. The highest BCUT2D eigenvalue weighted by molar-refractivity contribution is 5.53. The zero-order valence-electron chi connectivity index (χ0n) is 15.2. The Morgan fingerprint density at radius 1 is 1.22 bits per heavy atom. The van der Waals surface area contributed by atoms with Gasteiger partial charge in [-0.2, -0.15) is 10.2 Å². The summed E-state index contributed by atoms with van der Waals surface area (Å²) in [6.45, 7) is 4.81. The molecule has 3 saturated heterocycles. The van der Waals surface area contributed by atoms with Gasteiger partial charge in [0.05, 0.1) is 6.20 Å². The van der Waals surface area contributed by atoms with Crippen molar-refractivity contribution in [1.29, 1.82) is 5.26 Å². The lowest BCUT2D eigenvalue weighted by Gasteiger charge is -2.44. The number of para-hydroxylation sites is 1. The van der Waals surface area contributed by atoms with Crippen LogP contribution in [0.2, 0.25) is 0 Å². The first-order chi connectivity index (χ1) is 13.2. The maximum absolute atomic E-state index is 9.87. The molecule has 2 aromatic rings. The van der Waals surface area contributed by atoms with Crippen LogP contribution in [0, 0.1) is 23.2 Å². The van der Waals surface area contributed by atoms with Gasteiger partial charge < -0.3 is 20.6 Å². The highest BCUT2D eigenvalue weighted by Crippen LogP contribution is 2.32. The summed E-state index contributed by atoms with van der Waals surface area (Å²) in [5, 5.41) is 25.7. The van der Waals surface area contributed by atoms with E-state index < -0.39 is 0 Å². The molecule has 27 heavy (non-hydrogen) atoms. The molecule has 4 heterocycles. The lowest BCUT2D eigenvalue weighted by atomic mass is 9.79. The molecule has 7 heteroatoms. The summed E-state index contributed by atoms with van der Waals surface area (Å²) >= 11 is 0. The quantitative estimate of drug-likeness (QED) is 0.724. The molecule has 2 bridgehead atoms. The molecule has 3 N–H and O–H groups in total. The number of nitrogens with zero attached hydrogens (tertiary/aromatic N) is 4. The molecule has 1 aromatic heterocycles. The number of rotatable bonds is 6. The molecule has 0 saturated carbocycles. The minimum Gasteiger partial charge on any atom is -0.508 e. The Morgan fingerprint density at radius 3 is 2.74 bits per heavy atom.